The Balaban J connectivity index is 2.10. The maximum absolute atomic E-state index is 14.1. The molecule has 7 nitrogen and oxygen atoms in total. The lowest BCUT2D eigenvalue weighted by molar-refractivity contribution is -0.140. The zero-order valence-electron chi connectivity index (χ0n) is 23.0. The fraction of sp³-hybridized carbons (Fsp3) is 0.333. The molecule has 39 heavy (non-hydrogen) atoms. The molecule has 3 aromatic carbocycles. The van der Waals surface area contributed by atoms with Crippen molar-refractivity contribution in [2.45, 2.75) is 64.6 Å². The quantitative estimate of drug-likeness (QED) is 0.331. The largest absolute Gasteiger partial charge is 0.352 e. The highest BCUT2D eigenvalue weighted by molar-refractivity contribution is 7.92. The second kappa shape index (κ2) is 13.1. The topological polar surface area (TPSA) is 86.8 Å². The van der Waals surface area contributed by atoms with Crippen molar-refractivity contribution in [2.75, 3.05) is 10.8 Å². The fourth-order valence-electron chi connectivity index (χ4n) is 4.40. The summed E-state index contributed by atoms with van der Waals surface area (Å²) in [6.45, 7) is 8.91. The number of sulfonamides is 1. The van der Waals surface area contributed by atoms with E-state index in [1.54, 1.807) is 43.3 Å². The van der Waals surface area contributed by atoms with Crippen molar-refractivity contribution in [2.24, 2.45) is 0 Å². The van der Waals surface area contributed by atoms with Gasteiger partial charge in [-0.1, -0.05) is 61.0 Å². The minimum Gasteiger partial charge on any atom is -0.352 e. The number of carbonyl (C=O) groups is 2. The van der Waals surface area contributed by atoms with Gasteiger partial charge in [0.1, 0.15) is 12.6 Å². The van der Waals surface area contributed by atoms with Gasteiger partial charge in [0.15, 0.2) is 0 Å². The van der Waals surface area contributed by atoms with Crippen LogP contribution in [0.2, 0.25) is 5.02 Å². The van der Waals surface area contributed by atoms with Crippen molar-refractivity contribution in [3.8, 4) is 0 Å². The van der Waals surface area contributed by atoms with E-state index in [2.05, 4.69) is 5.32 Å². The Kier molecular flexibility index (Phi) is 10.2. The number of aryl methyl sites for hydroxylation is 2. The highest BCUT2D eigenvalue weighted by atomic mass is 35.5. The fourth-order valence-corrected chi connectivity index (χ4v) is 6.13. The van der Waals surface area contributed by atoms with Crippen molar-refractivity contribution in [1.29, 1.82) is 0 Å². The number of hydrogen-bond acceptors (Lipinski definition) is 4. The maximum Gasteiger partial charge on any atom is 0.264 e. The van der Waals surface area contributed by atoms with Crippen LogP contribution in [0.1, 0.15) is 43.9 Å². The van der Waals surface area contributed by atoms with Gasteiger partial charge in [-0.15, -0.1) is 0 Å². The molecule has 0 fully saturated rings. The van der Waals surface area contributed by atoms with Gasteiger partial charge >= 0.3 is 0 Å². The Morgan fingerprint density at radius 3 is 2.15 bits per heavy atom. The van der Waals surface area contributed by atoms with Gasteiger partial charge in [0.05, 0.1) is 10.6 Å². The van der Waals surface area contributed by atoms with E-state index in [0.29, 0.717) is 22.7 Å². The van der Waals surface area contributed by atoms with Gasteiger partial charge in [-0.25, -0.2) is 8.42 Å². The average Bonchev–Trinajstić information content (AvgIpc) is 2.88. The SMILES string of the molecule is CC[C@H](C(=O)NC(C)C)N(Cc1ccccc1C)C(=O)CN(c1ccc(Cl)cc1C)S(=O)(=O)c1ccccc1. The van der Waals surface area contributed by atoms with Crippen LogP contribution in [0.4, 0.5) is 5.69 Å². The van der Waals surface area contributed by atoms with E-state index in [-0.39, 0.29) is 23.4 Å². The molecule has 2 amide bonds. The predicted molar refractivity (Wildman–Crippen MR) is 156 cm³/mol. The van der Waals surface area contributed by atoms with Gasteiger partial charge in [-0.2, -0.15) is 0 Å². The Morgan fingerprint density at radius 2 is 1.56 bits per heavy atom. The normalized spacial score (nSPS) is 12.2. The second-order valence-electron chi connectivity index (χ2n) is 9.79. The predicted octanol–water partition coefficient (Wildman–Crippen LogP) is 5.48. The number of amides is 2. The summed E-state index contributed by atoms with van der Waals surface area (Å²) in [5, 5.41) is 3.36. The van der Waals surface area contributed by atoms with Crippen LogP contribution in [0.25, 0.3) is 0 Å². The van der Waals surface area contributed by atoms with Crippen molar-refractivity contribution in [3.63, 3.8) is 0 Å². The lowest BCUT2D eigenvalue weighted by atomic mass is 10.1. The van der Waals surface area contributed by atoms with Crippen molar-refractivity contribution < 1.29 is 18.0 Å². The third kappa shape index (κ3) is 7.40. The van der Waals surface area contributed by atoms with Crippen LogP contribution in [-0.2, 0) is 26.2 Å². The summed E-state index contributed by atoms with van der Waals surface area (Å²) in [6, 6.07) is 19.6. The number of hydrogen-bond donors (Lipinski definition) is 1. The first kappa shape index (κ1) is 30.2. The molecule has 0 aliphatic rings. The summed E-state index contributed by atoms with van der Waals surface area (Å²) in [5.41, 5.74) is 2.79. The maximum atomic E-state index is 14.1. The number of carbonyl (C=O) groups excluding carboxylic acids is 2. The first-order chi connectivity index (χ1) is 18.4. The molecule has 1 atom stereocenters. The minimum absolute atomic E-state index is 0.0576. The van der Waals surface area contributed by atoms with Crippen LogP contribution >= 0.6 is 11.6 Å². The Labute approximate surface area is 236 Å². The van der Waals surface area contributed by atoms with E-state index in [0.717, 1.165) is 15.4 Å². The molecule has 0 spiro atoms. The molecule has 3 aromatic rings. The van der Waals surface area contributed by atoms with E-state index in [1.807, 2.05) is 52.0 Å². The van der Waals surface area contributed by atoms with Gasteiger partial charge in [-0.05, 0) is 81.1 Å². The minimum atomic E-state index is -4.13. The number of anilines is 1. The number of nitrogens with one attached hydrogen (secondary N) is 1. The standard InChI is InChI=1S/C30H36ClN3O4S/c1-6-27(30(36)32-21(2)3)33(19-24-13-11-10-12-22(24)4)29(35)20-34(28-17-16-25(31)18-23(28)5)39(37,38)26-14-8-7-9-15-26/h7-18,21,27H,6,19-20H2,1-5H3,(H,32,36)/t27-/m1/s1. The highest BCUT2D eigenvalue weighted by Crippen LogP contribution is 2.29. The molecule has 3 rings (SSSR count). The van der Waals surface area contributed by atoms with Crippen LogP contribution in [0.5, 0.6) is 0 Å². The first-order valence-electron chi connectivity index (χ1n) is 12.9. The third-order valence-corrected chi connectivity index (χ3v) is 8.47. The number of halogens is 1. The molecule has 1 N–H and O–H groups in total. The molecule has 0 heterocycles. The Hall–Kier alpha value is -3.36. The zero-order chi connectivity index (χ0) is 28.7. The summed E-state index contributed by atoms with van der Waals surface area (Å²) in [7, 11) is -4.13. The molecular weight excluding hydrogens is 534 g/mol. The first-order valence-corrected chi connectivity index (χ1v) is 14.8. The van der Waals surface area contributed by atoms with Gasteiger partial charge in [-0.3, -0.25) is 13.9 Å². The molecule has 0 aliphatic heterocycles. The summed E-state index contributed by atoms with van der Waals surface area (Å²) in [4.78, 5) is 28.9. The van der Waals surface area contributed by atoms with Crippen LogP contribution < -0.4 is 9.62 Å². The smallest absolute Gasteiger partial charge is 0.264 e. The van der Waals surface area contributed by atoms with Gasteiger partial charge in [0, 0.05) is 17.6 Å². The zero-order valence-corrected chi connectivity index (χ0v) is 24.6. The summed E-state index contributed by atoms with van der Waals surface area (Å²) < 4.78 is 28.9. The summed E-state index contributed by atoms with van der Waals surface area (Å²) in [5.74, 6) is -0.771. The number of rotatable bonds is 11. The van der Waals surface area contributed by atoms with Gasteiger partial charge in [0.2, 0.25) is 11.8 Å². The van der Waals surface area contributed by atoms with E-state index < -0.39 is 28.5 Å². The van der Waals surface area contributed by atoms with E-state index >= 15 is 0 Å². The molecule has 0 aromatic heterocycles. The molecule has 0 saturated carbocycles. The van der Waals surface area contributed by atoms with Crippen molar-refractivity contribution in [1.82, 2.24) is 10.2 Å². The monoisotopic (exact) mass is 569 g/mol. The summed E-state index contributed by atoms with van der Waals surface area (Å²) >= 11 is 6.16. The van der Waals surface area contributed by atoms with Crippen molar-refractivity contribution in [3.05, 3.63) is 94.5 Å². The average molecular weight is 570 g/mol. The Morgan fingerprint density at radius 1 is 0.923 bits per heavy atom. The molecule has 0 unspecified atom stereocenters. The summed E-state index contributed by atoms with van der Waals surface area (Å²) in [6.07, 6.45) is 0.363. The molecule has 0 radical (unpaired) electrons. The lowest BCUT2D eigenvalue weighted by Gasteiger charge is -2.34. The van der Waals surface area contributed by atoms with Crippen LogP contribution in [-0.4, -0.2) is 43.8 Å². The molecular formula is C30H36ClN3O4S. The lowest BCUT2D eigenvalue weighted by Crippen LogP contribution is -2.53. The van der Waals surface area contributed by atoms with Crippen LogP contribution in [0, 0.1) is 13.8 Å². The molecule has 208 valence electrons. The highest BCUT2D eigenvalue weighted by Gasteiger charge is 2.34. The van der Waals surface area contributed by atoms with Crippen LogP contribution in [0.15, 0.2) is 77.7 Å². The third-order valence-electron chi connectivity index (χ3n) is 6.46. The molecule has 9 heteroatoms. The number of benzene rings is 3. The Bertz CT molecular complexity index is 1410. The van der Waals surface area contributed by atoms with E-state index in [1.165, 1.54) is 17.0 Å². The molecule has 0 saturated heterocycles. The molecule has 0 aliphatic carbocycles. The molecule has 0 bridgehead atoms. The van der Waals surface area contributed by atoms with Crippen LogP contribution in [0.3, 0.4) is 0 Å². The van der Waals surface area contributed by atoms with Gasteiger partial charge in [0.25, 0.3) is 10.0 Å². The van der Waals surface area contributed by atoms with Crippen molar-refractivity contribution >= 4 is 39.1 Å². The number of nitrogens with zero attached hydrogens (tertiary/aromatic N) is 2. The van der Waals surface area contributed by atoms with E-state index in [9.17, 15) is 18.0 Å². The van der Waals surface area contributed by atoms with Gasteiger partial charge < -0.3 is 10.2 Å². The second-order valence-corrected chi connectivity index (χ2v) is 12.1. The van der Waals surface area contributed by atoms with E-state index in [4.69, 9.17) is 11.6 Å².